The Morgan fingerprint density at radius 2 is 1.74 bits per heavy atom. The molecule has 0 saturated carbocycles. The van der Waals surface area contributed by atoms with Gasteiger partial charge in [0.15, 0.2) is 0 Å². The molecule has 2 aromatic heterocycles. The van der Waals surface area contributed by atoms with Crippen LogP contribution in [0.25, 0.3) is 0 Å². The quantitative estimate of drug-likeness (QED) is 0.647. The summed E-state index contributed by atoms with van der Waals surface area (Å²) in [6.07, 6.45) is 5.01. The highest BCUT2D eigenvalue weighted by Crippen LogP contribution is 2.22. The zero-order valence-electron chi connectivity index (χ0n) is 14.9. The zero-order valence-corrected chi connectivity index (χ0v) is 15.8. The number of thiazole rings is 1. The van der Waals surface area contributed by atoms with E-state index in [4.69, 9.17) is 0 Å². The number of benzene rings is 1. The van der Waals surface area contributed by atoms with Crippen LogP contribution in [0.15, 0.2) is 54.2 Å². The molecule has 0 aliphatic carbocycles. The van der Waals surface area contributed by atoms with Crippen molar-refractivity contribution in [2.45, 2.75) is 26.2 Å². The third-order valence-electron chi connectivity index (χ3n) is 3.90. The number of nitrogens with zero attached hydrogens (tertiary/aromatic N) is 2. The largest absolute Gasteiger partial charge is 0.324 e. The van der Waals surface area contributed by atoms with E-state index in [1.807, 2.05) is 24.4 Å². The van der Waals surface area contributed by atoms with E-state index in [0.29, 0.717) is 23.4 Å². The van der Waals surface area contributed by atoms with Gasteiger partial charge in [0.1, 0.15) is 0 Å². The average molecular weight is 380 g/mol. The van der Waals surface area contributed by atoms with E-state index in [1.54, 1.807) is 48.0 Å². The second-order valence-electron chi connectivity index (χ2n) is 6.00. The Kier molecular flexibility index (Phi) is 6.27. The average Bonchev–Trinajstić information content (AvgIpc) is 3.09. The van der Waals surface area contributed by atoms with Crippen LogP contribution in [0.1, 0.15) is 33.9 Å². The van der Waals surface area contributed by atoms with Gasteiger partial charge in [-0.15, -0.1) is 11.3 Å². The minimum Gasteiger partial charge on any atom is -0.324 e. The van der Waals surface area contributed by atoms with Crippen LogP contribution in [0, 0.1) is 6.92 Å². The molecule has 138 valence electrons. The summed E-state index contributed by atoms with van der Waals surface area (Å²) in [4.78, 5) is 32.9. The number of pyridine rings is 1. The van der Waals surface area contributed by atoms with Crippen molar-refractivity contribution in [3.63, 3.8) is 0 Å². The van der Waals surface area contributed by atoms with Crippen LogP contribution in [0.3, 0.4) is 0 Å². The topological polar surface area (TPSA) is 84.0 Å². The molecule has 0 fully saturated rings. The summed E-state index contributed by atoms with van der Waals surface area (Å²) < 4.78 is 0. The van der Waals surface area contributed by atoms with Crippen LogP contribution in [-0.2, 0) is 11.2 Å². The number of rotatable bonds is 7. The summed E-state index contributed by atoms with van der Waals surface area (Å²) in [5.74, 6) is -0.342. The summed E-state index contributed by atoms with van der Waals surface area (Å²) in [5.41, 5.74) is 2.66. The standard InChI is InChI=1S/C20H20N4O2S/c1-14-22-16(13-27-14)5-4-8-19(25)23-17-6-2-3-7-18(17)24-20(26)15-9-11-21-12-10-15/h2-3,6-7,9-13H,4-5,8H2,1H3,(H,23,25)(H,24,26). The Balaban J connectivity index is 1.56. The predicted octanol–water partition coefficient (Wildman–Crippen LogP) is 4.06. The minimum atomic E-state index is -0.252. The number of anilines is 2. The number of para-hydroxylation sites is 2. The van der Waals surface area contributed by atoms with Crippen LogP contribution in [0.2, 0.25) is 0 Å². The summed E-state index contributed by atoms with van der Waals surface area (Å²) in [6.45, 7) is 1.97. The van der Waals surface area contributed by atoms with Crippen LogP contribution < -0.4 is 10.6 Å². The second kappa shape index (κ2) is 9.05. The van der Waals surface area contributed by atoms with E-state index in [1.165, 1.54) is 0 Å². The molecule has 0 atom stereocenters. The van der Waals surface area contributed by atoms with Gasteiger partial charge in [0.2, 0.25) is 5.91 Å². The minimum absolute atomic E-state index is 0.0902. The van der Waals surface area contributed by atoms with Crippen molar-refractivity contribution in [3.05, 3.63) is 70.4 Å². The fraction of sp³-hybridized carbons (Fsp3) is 0.200. The Labute approximate surface area is 161 Å². The van der Waals surface area contributed by atoms with Gasteiger partial charge < -0.3 is 10.6 Å². The highest BCUT2D eigenvalue weighted by atomic mass is 32.1. The molecule has 3 aromatic rings. The molecule has 3 rings (SSSR count). The first-order valence-corrected chi connectivity index (χ1v) is 9.51. The molecule has 7 heteroatoms. The molecule has 0 bridgehead atoms. The predicted molar refractivity (Wildman–Crippen MR) is 107 cm³/mol. The zero-order chi connectivity index (χ0) is 19.1. The number of carbonyl (C=O) groups excluding carboxylic acids is 2. The fourth-order valence-electron chi connectivity index (χ4n) is 2.56. The van der Waals surface area contributed by atoms with Crippen molar-refractivity contribution in [2.24, 2.45) is 0 Å². The first-order valence-electron chi connectivity index (χ1n) is 8.63. The van der Waals surface area contributed by atoms with Crippen molar-refractivity contribution in [2.75, 3.05) is 10.6 Å². The van der Waals surface area contributed by atoms with Gasteiger partial charge in [-0.05, 0) is 44.0 Å². The first-order chi connectivity index (χ1) is 13.1. The van der Waals surface area contributed by atoms with Gasteiger partial charge in [0, 0.05) is 29.8 Å². The van der Waals surface area contributed by atoms with Crippen molar-refractivity contribution in [3.8, 4) is 0 Å². The summed E-state index contributed by atoms with van der Waals surface area (Å²) in [5, 5.41) is 8.76. The fourth-order valence-corrected chi connectivity index (χ4v) is 3.21. The van der Waals surface area contributed by atoms with E-state index >= 15 is 0 Å². The smallest absolute Gasteiger partial charge is 0.255 e. The number of amides is 2. The van der Waals surface area contributed by atoms with Gasteiger partial charge in [-0.25, -0.2) is 4.98 Å². The Morgan fingerprint density at radius 3 is 2.41 bits per heavy atom. The van der Waals surface area contributed by atoms with Crippen molar-refractivity contribution in [1.82, 2.24) is 9.97 Å². The number of hydrogen-bond acceptors (Lipinski definition) is 5. The summed E-state index contributed by atoms with van der Waals surface area (Å²) in [6, 6.07) is 10.4. The highest BCUT2D eigenvalue weighted by Gasteiger charge is 2.11. The van der Waals surface area contributed by atoms with Crippen LogP contribution >= 0.6 is 11.3 Å². The lowest BCUT2D eigenvalue weighted by atomic mass is 10.2. The van der Waals surface area contributed by atoms with Crippen molar-refractivity contribution < 1.29 is 9.59 Å². The molecular formula is C20H20N4O2S. The molecule has 0 radical (unpaired) electrons. The van der Waals surface area contributed by atoms with E-state index < -0.39 is 0 Å². The van der Waals surface area contributed by atoms with Gasteiger partial charge in [0.25, 0.3) is 5.91 Å². The molecule has 2 heterocycles. The normalized spacial score (nSPS) is 10.4. The van der Waals surface area contributed by atoms with Gasteiger partial charge in [-0.3, -0.25) is 14.6 Å². The van der Waals surface area contributed by atoms with Crippen LogP contribution in [0.4, 0.5) is 11.4 Å². The molecule has 2 N–H and O–H groups in total. The molecule has 0 saturated heterocycles. The molecular weight excluding hydrogens is 360 g/mol. The number of hydrogen-bond donors (Lipinski definition) is 2. The molecule has 1 aromatic carbocycles. The molecule has 0 aliphatic rings. The Hall–Kier alpha value is -3.06. The molecule has 2 amide bonds. The van der Waals surface area contributed by atoms with Crippen LogP contribution in [0.5, 0.6) is 0 Å². The molecule has 0 unspecified atom stereocenters. The second-order valence-corrected chi connectivity index (χ2v) is 7.06. The summed E-state index contributed by atoms with van der Waals surface area (Å²) >= 11 is 1.62. The van der Waals surface area contributed by atoms with E-state index in [-0.39, 0.29) is 11.8 Å². The highest BCUT2D eigenvalue weighted by molar-refractivity contribution is 7.09. The van der Waals surface area contributed by atoms with Crippen molar-refractivity contribution >= 4 is 34.5 Å². The Morgan fingerprint density at radius 1 is 1.04 bits per heavy atom. The maximum absolute atomic E-state index is 12.3. The maximum Gasteiger partial charge on any atom is 0.255 e. The SMILES string of the molecule is Cc1nc(CCCC(=O)Nc2ccccc2NC(=O)c2ccncc2)cs1. The van der Waals surface area contributed by atoms with Gasteiger partial charge in [-0.2, -0.15) is 0 Å². The summed E-state index contributed by atoms with van der Waals surface area (Å²) in [7, 11) is 0. The van der Waals surface area contributed by atoms with Crippen LogP contribution in [-0.4, -0.2) is 21.8 Å². The number of carbonyl (C=O) groups is 2. The number of aromatic nitrogens is 2. The van der Waals surface area contributed by atoms with E-state index in [2.05, 4.69) is 20.6 Å². The van der Waals surface area contributed by atoms with E-state index in [0.717, 1.165) is 23.5 Å². The molecule has 6 nitrogen and oxygen atoms in total. The molecule has 0 aliphatic heterocycles. The number of nitrogens with one attached hydrogen (secondary N) is 2. The lowest BCUT2D eigenvalue weighted by Gasteiger charge is -2.12. The third-order valence-corrected chi connectivity index (χ3v) is 4.72. The molecule has 0 spiro atoms. The lowest BCUT2D eigenvalue weighted by molar-refractivity contribution is -0.116. The maximum atomic E-state index is 12.3. The monoisotopic (exact) mass is 380 g/mol. The van der Waals surface area contributed by atoms with Crippen molar-refractivity contribution in [1.29, 1.82) is 0 Å². The van der Waals surface area contributed by atoms with Gasteiger partial charge >= 0.3 is 0 Å². The number of aryl methyl sites for hydroxylation is 2. The van der Waals surface area contributed by atoms with Gasteiger partial charge in [-0.1, -0.05) is 12.1 Å². The Bertz CT molecular complexity index is 924. The molecule has 27 heavy (non-hydrogen) atoms. The van der Waals surface area contributed by atoms with Gasteiger partial charge in [0.05, 0.1) is 22.1 Å². The third kappa shape index (κ3) is 5.46. The van der Waals surface area contributed by atoms with E-state index in [9.17, 15) is 9.59 Å². The first kappa shape index (κ1) is 18.7. The lowest BCUT2D eigenvalue weighted by Crippen LogP contribution is -2.16.